The van der Waals surface area contributed by atoms with Crippen molar-refractivity contribution in [2.75, 3.05) is 18.0 Å². The Balaban J connectivity index is 1.35. The number of hydrogen-bond acceptors (Lipinski definition) is 3. The molecule has 1 N–H and O–H groups in total. The zero-order valence-electron chi connectivity index (χ0n) is 22.3. The van der Waals surface area contributed by atoms with Gasteiger partial charge in [0.2, 0.25) is 0 Å². The minimum absolute atomic E-state index is 0.253. The number of carbonyl (C=O) groups excluding carboxylic acids is 1. The molecule has 0 unspecified atom stereocenters. The van der Waals surface area contributed by atoms with Crippen LogP contribution < -0.4 is 10.3 Å². The van der Waals surface area contributed by atoms with Gasteiger partial charge in [0.15, 0.2) is 0 Å². The number of rotatable bonds is 9. The highest BCUT2D eigenvalue weighted by Gasteiger charge is 2.14. The van der Waals surface area contributed by atoms with Gasteiger partial charge in [-0.3, -0.25) is 4.79 Å². The molecular formula is C34H32N4O. The predicted molar refractivity (Wildman–Crippen MR) is 162 cm³/mol. The fourth-order valence-electron chi connectivity index (χ4n) is 4.74. The Labute approximate surface area is 230 Å². The molecular weight excluding hydrogens is 480 g/mol. The van der Waals surface area contributed by atoms with E-state index >= 15 is 0 Å². The van der Waals surface area contributed by atoms with Crippen molar-refractivity contribution in [2.45, 2.75) is 13.8 Å². The molecule has 194 valence electrons. The number of nitrogens with zero attached hydrogens (tertiary/aromatic N) is 3. The fraction of sp³-hybridized carbons (Fsp3) is 0.118. The molecule has 5 nitrogen and oxygen atoms in total. The summed E-state index contributed by atoms with van der Waals surface area (Å²) in [6.07, 6.45) is 1.66. The van der Waals surface area contributed by atoms with E-state index in [0.29, 0.717) is 5.56 Å². The maximum Gasteiger partial charge on any atom is 0.271 e. The molecule has 1 amide bonds. The van der Waals surface area contributed by atoms with E-state index in [1.165, 1.54) is 5.69 Å². The summed E-state index contributed by atoms with van der Waals surface area (Å²) in [6.45, 7) is 6.21. The van der Waals surface area contributed by atoms with Gasteiger partial charge in [-0.1, -0.05) is 72.8 Å². The van der Waals surface area contributed by atoms with Gasteiger partial charge in [-0.25, -0.2) is 5.43 Å². The van der Waals surface area contributed by atoms with Gasteiger partial charge in [0.25, 0.3) is 5.91 Å². The van der Waals surface area contributed by atoms with Gasteiger partial charge >= 0.3 is 0 Å². The van der Waals surface area contributed by atoms with Gasteiger partial charge < -0.3 is 9.47 Å². The summed E-state index contributed by atoms with van der Waals surface area (Å²) in [5, 5.41) is 4.17. The number of hydrogen-bond donors (Lipinski definition) is 1. The van der Waals surface area contributed by atoms with Crippen LogP contribution in [0.1, 0.15) is 29.8 Å². The standard InChI is InChI=1S/C34H32N4O/c1-3-37(4-2)30-19-15-26(16-20-30)25-35-36-34(39)29-17-21-31(22-18-29)38-32(27-11-7-5-8-12-27)23-24-33(38)28-13-9-6-10-14-28/h5-25H,3-4H2,1-2H3,(H,36,39)/b35-25-. The van der Waals surface area contributed by atoms with Crippen LogP contribution >= 0.6 is 0 Å². The number of anilines is 1. The van der Waals surface area contributed by atoms with E-state index in [0.717, 1.165) is 46.9 Å². The van der Waals surface area contributed by atoms with Crippen molar-refractivity contribution in [1.82, 2.24) is 9.99 Å². The number of amides is 1. The van der Waals surface area contributed by atoms with Crippen LogP contribution in [0.3, 0.4) is 0 Å². The Bertz CT molecular complexity index is 1480. The Kier molecular flexibility index (Phi) is 7.98. The largest absolute Gasteiger partial charge is 0.372 e. The van der Waals surface area contributed by atoms with E-state index < -0.39 is 0 Å². The monoisotopic (exact) mass is 512 g/mol. The third-order valence-electron chi connectivity index (χ3n) is 6.81. The number of benzene rings is 4. The maximum absolute atomic E-state index is 12.8. The van der Waals surface area contributed by atoms with Gasteiger partial charge in [-0.2, -0.15) is 5.10 Å². The molecule has 0 spiro atoms. The van der Waals surface area contributed by atoms with Crippen molar-refractivity contribution in [3.8, 4) is 28.2 Å². The molecule has 0 saturated carbocycles. The molecule has 5 heteroatoms. The highest BCUT2D eigenvalue weighted by Crippen LogP contribution is 2.32. The van der Waals surface area contributed by atoms with Crippen LogP contribution in [0.5, 0.6) is 0 Å². The van der Waals surface area contributed by atoms with E-state index in [2.05, 4.69) is 82.4 Å². The molecule has 39 heavy (non-hydrogen) atoms. The van der Waals surface area contributed by atoms with Crippen molar-refractivity contribution in [2.24, 2.45) is 5.10 Å². The summed E-state index contributed by atoms with van der Waals surface area (Å²) < 4.78 is 2.23. The zero-order chi connectivity index (χ0) is 27.0. The van der Waals surface area contributed by atoms with Crippen molar-refractivity contribution in [3.63, 3.8) is 0 Å². The molecule has 0 aliphatic rings. The molecule has 0 radical (unpaired) electrons. The van der Waals surface area contributed by atoms with E-state index in [4.69, 9.17) is 0 Å². The molecule has 0 aliphatic carbocycles. The van der Waals surface area contributed by atoms with Crippen LogP contribution in [0.15, 0.2) is 126 Å². The highest BCUT2D eigenvalue weighted by molar-refractivity contribution is 5.95. The number of hydrazone groups is 1. The Morgan fingerprint density at radius 2 is 1.26 bits per heavy atom. The molecule has 0 saturated heterocycles. The van der Waals surface area contributed by atoms with Crippen LogP contribution in [-0.4, -0.2) is 29.8 Å². The van der Waals surface area contributed by atoms with Crippen LogP contribution in [0.25, 0.3) is 28.2 Å². The molecule has 0 fully saturated rings. The van der Waals surface area contributed by atoms with Gasteiger partial charge in [-0.15, -0.1) is 0 Å². The number of carbonyl (C=O) groups is 1. The average molecular weight is 513 g/mol. The van der Waals surface area contributed by atoms with Crippen LogP contribution in [-0.2, 0) is 0 Å². The van der Waals surface area contributed by atoms with Gasteiger partial charge in [-0.05, 0) is 79.1 Å². The Hall–Kier alpha value is -4.90. The topological polar surface area (TPSA) is 49.6 Å². The Morgan fingerprint density at radius 3 is 1.77 bits per heavy atom. The molecule has 5 aromatic rings. The Morgan fingerprint density at radius 1 is 0.718 bits per heavy atom. The first-order chi connectivity index (χ1) is 19.2. The van der Waals surface area contributed by atoms with E-state index in [1.54, 1.807) is 6.21 Å². The lowest BCUT2D eigenvalue weighted by Crippen LogP contribution is -2.21. The van der Waals surface area contributed by atoms with Crippen molar-refractivity contribution < 1.29 is 4.79 Å². The van der Waals surface area contributed by atoms with Crippen molar-refractivity contribution in [1.29, 1.82) is 0 Å². The molecule has 4 aromatic carbocycles. The summed E-state index contributed by atoms with van der Waals surface area (Å²) in [5.74, 6) is -0.253. The van der Waals surface area contributed by atoms with Crippen LogP contribution in [0, 0.1) is 0 Å². The minimum Gasteiger partial charge on any atom is -0.372 e. The molecule has 1 aromatic heterocycles. The summed E-state index contributed by atoms with van der Waals surface area (Å²) in [4.78, 5) is 15.1. The molecule has 0 bridgehead atoms. The fourth-order valence-corrected chi connectivity index (χ4v) is 4.74. The quantitative estimate of drug-likeness (QED) is 0.165. The molecule has 1 heterocycles. The minimum atomic E-state index is -0.253. The molecule has 5 rings (SSSR count). The molecule has 0 aliphatic heterocycles. The second kappa shape index (κ2) is 12.1. The van der Waals surface area contributed by atoms with Gasteiger partial charge in [0, 0.05) is 30.0 Å². The van der Waals surface area contributed by atoms with Gasteiger partial charge in [0.05, 0.1) is 17.6 Å². The number of nitrogens with one attached hydrogen (secondary N) is 1. The zero-order valence-corrected chi connectivity index (χ0v) is 22.3. The summed E-state index contributed by atoms with van der Waals surface area (Å²) in [5.41, 5.74) is 10.7. The summed E-state index contributed by atoms with van der Waals surface area (Å²) >= 11 is 0. The first-order valence-corrected chi connectivity index (χ1v) is 13.3. The van der Waals surface area contributed by atoms with E-state index in [-0.39, 0.29) is 5.91 Å². The van der Waals surface area contributed by atoms with E-state index in [9.17, 15) is 4.79 Å². The summed E-state index contributed by atoms with van der Waals surface area (Å²) in [6, 6.07) is 40.7. The van der Waals surface area contributed by atoms with Gasteiger partial charge in [0.1, 0.15) is 0 Å². The maximum atomic E-state index is 12.8. The first kappa shape index (κ1) is 25.7. The van der Waals surface area contributed by atoms with Crippen molar-refractivity contribution in [3.05, 3.63) is 132 Å². The second-order valence-corrected chi connectivity index (χ2v) is 9.18. The third kappa shape index (κ3) is 5.83. The van der Waals surface area contributed by atoms with E-state index in [1.807, 2.05) is 72.8 Å². The lowest BCUT2D eigenvalue weighted by Gasteiger charge is -2.20. The highest BCUT2D eigenvalue weighted by atomic mass is 16.2. The average Bonchev–Trinajstić information content (AvgIpc) is 3.45. The lowest BCUT2D eigenvalue weighted by molar-refractivity contribution is 0.0955. The first-order valence-electron chi connectivity index (χ1n) is 13.3. The third-order valence-corrected chi connectivity index (χ3v) is 6.81. The molecule has 0 atom stereocenters. The smallest absolute Gasteiger partial charge is 0.271 e. The summed E-state index contributed by atoms with van der Waals surface area (Å²) in [7, 11) is 0. The predicted octanol–water partition coefficient (Wildman–Crippen LogP) is 7.42. The number of aromatic nitrogens is 1. The second-order valence-electron chi connectivity index (χ2n) is 9.18. The van der Waals surface area contributed by atoms with Crippen molar-refractivity contribution >= 4 is 17.8 Å². The normalized spacial score (nSPS) is 11.0. The SMILES string of the molecule is CCN(CC)c1ccc(/C=N\NC(=O)c2ccc(-n3c(-c4ccccc4)ccc3-c3ccccc3)cc2)cc1. The van der Waals surface area contributed by atoms with Crippen LogP contribution in [0.2, 0.25) is 0 Å². The lowest BCUT2D eigenvalue weighted by atomic mass is 10.1. The van der Waals surface area contributed by atoms with Crippen LogP contribution in [0.4, 0.5) is 5.69 Å².